The molecule has 0 N–H and O–H groups in total. The lowest BCUT2D eigenvalue weighted by atomic mass is 10.2. The summed E-state index contributed by atoms with van der Waals surface area (Å²) in [7, 11) is 1.59. The van der Waals surface area contributed by atoms with Gasteiger partial charge in [-0.05, 0) is 24.3 Å². The smallest absolute Gasteiger partial charge is 0.264 e. The van der Waals surface area contributed by atoms with Gasteiger partial charge in [-0.15, -0.1) is 0 Å². The summed E-state index contributed by atoms with van der Waals surface area (Å²) in [6.45, 7) is -0.194. The summed E-state index contributed by atoms with van der Waals surface area (Å²) in [4.78, 5) is 17.4. The number of carbonyl (C=O) groups excluding carboxylic acids is 1. The van der Waals surface area contributed by atoms with Gasteiger partial charge < -0.3 is 9.64 Å². The van der Waals surface area contributed by atoms with Crippen LogP contribution in [0.1, 0.15) is 5.56 Å². The maximum atomic E-state index is 12.1. The first-order valence-corrected chi connectivity index (χ1v) is 6.50. The first kappa shape index (κ1) is 14.8. The number of aromatic nitrogens is 1. The van der Waals surface area contributed by atoms with Crippen molar-refractivity contribution in [1.29, 1.82) is 5.26 Å². The molecule has 2 rings (SSSR count). The van der Waals surface area contributed by atoms with Crippen molar-refractivity contribution in [1.82, 2.24) is 4.98 Å². The molecule has 1 heterocycles. The molecule has 0 radical (unpaired) electrons. The fourth-order valence-corrected chi connectivity index (χ4v) is 1.93. The molecule has 0 fully saturated rings. The number of rotatable bonds is 4. The van der Waals surface area contributed by atoms with Crippen LogP contribution in [0.2, 0.25) is 5.15 Å². The number of likely N-dealkylation sites (N-methyl/N-ethyl adjacent to an activating group) is 1. The number of nitrogens with zero attached hydrogens (tertiary/aromatic N) is 3. The normalized spacial score (nSPS) is 9.76. The molecule has 106 valence electrons. The van der Waals surface area contributed by atoms with Crippen LogP contribution in [0, 0.1) is 11.3 Å². The number of anilines is 1. The largest absolute Gasteiger partial charge is 0.482 e. The van der Waals surface area contributed by atoms with Crippen LogP contribution in [0.5, 0.6) is 5.75 Å². The van der Waals surface area contributed by atoms with E-state index in [0.717, 1.165) is 0 Å². The van der Waals surface area contributed by atoms with Crippen LogP contribution in [-0.4, -0.2) is 24.5 Å². The second kappa shape index (κ2) is 6.73. The van der Waals surface area contributed by atoms with Crippen molar-refractivity contribution in [2.75, 3.05) is 18.6 Å². The zero-order chi connectivity index (χ0) is 15.2. The number of amides is 1. The molecule has 0 aliphatic rings. The maximum absolute atomic E-state index is 12.1. The summed E-state index contributed by atoms with van der Waals surface area (Å²) in [5, 5.41) is 9.20. The number of hydrogen-bond donors (Lipinski definition) is 0. The average molecular weight is 302 g/mol. The molecule has 1 aromatic carbocycles. The Balaban J connectivity index is 2.06. The molecule has 0 saturated carbocycles. The van der Waals surface area contributed by atoms with Gasteiger partial charge in [0.15, 0.2) is 11.8 Å². The Bertz CT molecular complexity index is 697. The molecule has 0 aliphatic heterocycles. The van der Waals surface area contributed by atoms with E-state index < -0.39 is 0 Å². The first-order valence-electron chi connectivity index (χ1n) is 6.12. The number of para-hydroxylation sites is 1. The van der Waals surface area contributed by atoms with E-state index in [1.807, 2.05) is 6.07 Å². The Morgan fingerprint density at radius 3 is 2.86 bits per heavy atom. The molecule has 2 aromatic rings. The topological polar surface area (TPSA) is 66.2 Å². The van der Waals surface area contributed by atoms with Gasteiger partial charge >= 0.3 is 0 Å². The highest BCUT2D eigenvalue weighted by molar-refractivity contribution is 6.32. The van der Waals surface area contributed by atoms with E-state index in [9.17, 15) is 4.79 Å². The predicted molar refractivity (Wildman–Crippen MR) is 79.3 cm³/mol. The summed E-state index contributed by atoms with van der Waals surface area (Å²) in [6, 6.07) is 12.1. The fourth-order valence-electron chi connectivity index (χ4n) is 1.68. The summed E-state index contributed by atoms with van der Waals surface area (Å²) < 4.78 is 5.40. The Labute approximate surface area is 127 Å². The lowest BCUT2D eigenvalue weighted by molar-refractivity contribution is -0.120. The van der Waals surface area contributed by atoms with Gasteiger partial charge in [0.05, 0.1) is 11.3 Å². The molecule has 21 heavy (non-hydrogen) atoms. The molecule has 0 aliphatic carbocycles. The van der Waals surface area contributed by atoms with E-state index in [0.29, 0.717) is 17.0 Å². The van der Waals surface area contributed by atoms with E-state index in [4.69, 9.17) is 21.6 Å². The third kappa shape index (κ3) is 3.50. The van der Waals surface area contributed by atoms with E-state index in [1.165, 1.54) is 4.90 Å². The molecule has 1 amide bonds. The van der Waals surface area contributed by atoms with Gasteiger partial charge in [-0.3, -0.25) is 4.79 Å². The second-order valence-corrected chi connectivity index (χ2v) is 4.52. The third-order valence-electron chi connectivity index (χ3n) is 2.83. The van der Waals surface area contributed by atoms with Crippen molar-refractivity contribution in [3.8, 4) is 11.8 Å². The predicted octanol–water partition coefficient (Wildman–Crippen LogP) is 2.65. The fraction of sp³-hybridized carbons (Fsp3) is 0.133. The molecule has 0 bridgehead atoms. The molecule has 0 saturated heterocycles. The van der Waals surface area contributed by atoms with Gasteiger partial charge in [0.2, 0.25) is 0 Å². The lowest BCUT2D eigenvalue weighted by Gasteiger charge is -2.18. The Hall–Kier alpha value is -2.58. The lowest BCUT2D eigenvalue weighted by Crippen LogP contribution is -2.31. The van der Waals surface area contributed by atoms with Crippen LogP contribution in [-0.2, 0) is 4.79 Å². The van der Waals surface area contributed by atoms with Gasteiger partial charge in [-0.1, -0.05) is 23.7 Å². The first-order chi connectivity index (χ1) is 10.1. The molecule has 0 unspecified atom stereocenters. The highest BCUT2D eigenvalue weighted by atomic mass is 35.5. The number of halogens is 1. The summed E-state index contributed by atoms with van der Waals surface area (Å²) in [5.41, 5.74) is 0.883. The van der Waals surface area contributed by atoms with Crippen LogP contribution in [0.3, 0.4) is 0 Å². The number of ether oxygens (including phenoxy) is 1. The van der Waals surface area contributed by atoms with Crippen LogP contribution >= 0.6 is 11.6 Å². The molecule has 0 spiro atoms. The van der Waals surface area contributed by atoms with Crippen LogP contribution in [0.25, 0.3) is 0 Å². The van der Waals surface area contributed by atoms with Crippen molar-refractivity contribution in [3.63, 3.8) is 0 Å². The monoisotopic (exact) mass is 301 g/mol. The van der Waals surface area contributed by atoms with Crippen LogP contribution < -0.4 is 9.64 Å². The van der Waals surface area contributed by atoms with E-state index >= 15 is 0 Å². The van der Waals surface area contributed by atoms with Crippen molar-refractivity contribution in [2.24, 2.45) is 0 Å². The van der Waals surface area contributed by atoms with Crippen LogP contribution in [0.4, 0.5) is 5.69 Å². The van der Waals surface area contributed by atoms with E-state index in [-0.39, 0.29) is 17.7 Å². The van der Waals surface area contributed by atoms with E-state index in [2.05, 4.69) is 4.98 Å². The SMILES string of the molecule is CN(C(=O)COc1ccccc1C#N)c1cccnc1Cl. The maximum Gasteiger partial charge on any atom is 0.264 e. The average Bonchev–Trinajstić information content (AvgIpc) is 2.52. The number of pyridine rings is 1. The number of hydrogen-bond acceptors (Lipinski definition) is 4. The minimum Gasteiger partial charge on any atom is -0.482 e. The number of carbonyl (C=O) groups is 1. The van der Waals surface area contributed by atoms with Crippen LogP contribution in [0.15, 0.2) is 42.6 Å². The minimum absolute atomic E-state index is 0.194. The third-order valence-corrected chi connectivity index (χ3v) is 3.12. The summed E-state index contributed by atoms with van der Waals surface area (Å²) in [5.74, 6) is 0.0803. The molecular formula is C15H12ClN3O2. The number of nitriles is 1. The molecular weight excluding hydrogens is 290 g/mol. The van der Waals surface area contributed by atoms with Gasteiger partial charge in [0.25, 0.3) is 5.91 Å². The summed E-state index contributed by atoms with van der Waals surface area (Å²) in [6.07, 6.45) is 1.55. The Kier molecular flexibility index (Phi) is 4.75. The minimum atomic E-state index is -0.294. The molecule has 6 heteroatoms. The van der Waals surface area contributed by atoms with Gasteiger partial charge in [0.1, 0.15) is 11.8 Å². The summed E-state index contributed by atoms with van der Waals surface area (Å²) >= 11 is 5.94. The van der Waals surface area contributed by atoms with Crippen molar-refractivity contribution < 1.29 is 9.53 Å². The van der Waals surface area contributed by atoms with Crippen molar-refractivity contribution in [2.45, 2.75) is 0 Å². The highest BCUT2D eigenvalue weighted by Gasteiger charge is 2.15. The molecule has 1 aromatic heterocycles. The molecule has 0 atom stereocenters. The zero-order valence-electron chi connectivity index (χ0n) is 11.3. The van der Waals surface area contributed by atoms with Gasteiger partial charge in [-0.25, -0.2) is 4.98 Å². The Morgan fingerprint density at radius 1 is 1.38 bits per heavy atom. The number of benzene rings is 1. The van der Waals surface area contributed by atoms with Crippen molar-refractivity contribution >= 4 is 23.2 Å². The molecule has 5 nitrogen and oxygen atoms in total. The van der Waals surface area contributed by atoms with Crippen molar-refractivity contribution in [3.05, 3.63) is 53.3 Å². The Morgan fingerprint density at radius 2 is 2.14 bits per heavy atom. The quantitative estimate of drug-likeness (QED) is 0.814. The second-order valence-electron chi connectivity index (χ2n) is 4.16. The zero-order valence-corrected chi connectivity index (χ0v) is 12.0. The highest BCUT2D eigenvalue weighted by Crippen LogP contribution is 2.22. The van der Waals surface area contributed by atoms with Gasteiger partial charge in [-0.2, -0.15) is 5.26 Å². The standard InChI is InChI=1S/C15H12ClN3O2/c1-19(12-6-4-8-18-15(12)16)14(20)10-21-13-7-3-2-5-11(13)9-17/h2-8H,10H2,1H3. The van der Waals surface area contributed by atoms with E-state index in [1.54, 1.807) is 49.6 Å². The van der Waals surface area contributed by atoms with Gasteiger partial charge in [0, 0.05) is 13.2 Å².